The fourth-order valence-electron chi connectivity index (χ4n) is 1.86. The number of hydrogen-bond acceptors (Lipinski definition) is 3. The van der Waals surface area contributed by atoms with E-state index in [9.17, 15) is 0 Å². The van der Waals surface area contributed by atoms with E-state index in [4.69, 9.17) is 0 Å². The first-order chi connectivity index (χ1) is 6.75. The van der Waals surface area contributed by atoms with Crippen molar-refractivity contribution in [3.8, 4) is 0 Å². The molecule has 0 spiro atoms. The van der Waals surface area contributed by atoms with E-state index in [1.807, 2.05) is 6.92 Å². The van der Waals surface area contributed by atoms with E-state index in [1.54, 1.807) is 0 Å². The molecule has 0 aliphatic carbocycles. The Morgan fingerprint density at radius 3 is 2.57 bits per heavy atom. The monoisotopic (exact) mass is 253 g/mol. The Morgan fingerprint density at radius 2 is 1.93 bits per heavy atom. The molecule has 1 fully saturated rings. The molecule has 1 atom stereocenters. The van der Waals surface area contributed by atoms with Crippen molar-refractivity contribution in [1.82, 2.24) is 9.97 Å². The molecule has 4 heteroatoms. The summed E-state index contributed by atoms with van der Waals surface area (Å²) >= 11 is 1.50. The number of anilines is 1. The van der Waals surface area contributed by atoms with Gasteiger partial charge in [0.25, 0.3) is 0 Å². The maximum absolute atomic E-state index is 4.50. The predicted octanol–water partition coefficient (Wildman–Crippen LogP) is 0.0337. The molecule has 1 unspecified atom stereocenters. The van der Waals surface area contributed by atoms with E-state index in [0.29, 0.717) is 0 Å². The fourth-order valence-corrected chi connectivity index (χ4v) is 2.56. The summed E-state index contributed by atoms with van der Waals surface area (Å²) in [6.45, 7) is 4.35. The average Bonchev–Trinajstić information content (AvgIpc) is 2.18. The topological polar surface area (TPSA) is 29.0 Å². The molecule has 1 aliphatic rings. The Kier molecular flexibility index (Phi) is 3.07. The summed E-state index contributed by atoms with van der Waals surface area (Å²) in [4.78, 5) is 11.2. The number of nitrogens with zero attached hydrogens (tertiary/aromatic N) is 3. The molecule has 2 heterocycles. The van der Waals surface area contributed by atoms with Gasteiger partial charge in [-0.2, -0.15) is 0 Å². The summed E-state index contributed by atoms with van der Waals surface area (Å²) in [5.74, 6) is 1.12. The minimum absolute atomic E-state index is 0.943. The van der Waals surface area contributed by atoms with Crippen LogP contribution in [0.15, 0.2) is 6.07 Å². The van der Waals surface area contributed by atoms with Crippen LogP contribution < -0.4 is 9.51 Å². The van der Waals surface area contributed by atoms with E-state index >= 15 is 0 Å². The predicted molar refractivity (Wildman–Crippen MR) is 61.0 cm³/mol. The molecule has 1 saturated heterocycles. The van der Waals surface area contributed by atoms with Gasteiger partial charge >= 0.3 is 93.2 Å². The van der Waals surface area contributed by atoms with Crippen molar-refractivity contribution in [3.63, 3.8) is 0 Å². The fraction of sp³-hybridized carbons (Fsp3) is 0.600. The standard InChI is InChI=1S/C10H16AsN3/c1-8-7-9(13-10(11)12-8)14-5-3-2-4-6-14/h7H,2-6,11H2,1H3. The molecule has 1 aliphatic heterocycles. The molecule has 0 radical (unpaired) electrons. The molecule has 1 aromatic rings. The Hall–Kier alpha value is -0.562. The molecule has 0 saturated carbocycles. The number of piperidine rings is 1. The third-order valence-corrected chi connectivity index (χ3v) is 3.08. The van der Waals surface area contributed by atoms with Crippen LogP contribution in [0.1, 0.15) is 25.0 Å². The van der Waals surface area contributed by atoms with Gasteiger partial charge in [-0.1, -0.05) is 0 Å². The van der Waals surface area contributed by atoms with Gasteiger partial charge in [-0.15, -0.1) is 0 Å². The zero-order valence-electron chi connectivity index (χ0n) is 8.53. The molecule has 0 amide bonds. The molecule has 76 valence electrons. The molecule has 0 bridgehead atoms. The summed E-state index contributed by atoms with van der Waals surface area (Å²) < 4.78 is 0.943. The summed E-state index contributed by atoms with van der Waals surface area (Å²) in [6.07, 6.45) is 3.96. The van der Waals surface area contributed by atoms with Crippen LogP contribution in [0.3, 0.4) is 0 Å². The molecular weight excluding hydrogens is 237 g/mol. The van der Waals surface area contributed by atoms with E-state index in [1.165, 1.54) is 36.1 Å². The second-order valence-corrected chi connectivity index (χ2v) is 4.86. The molecular formula is C10H16AsN3. The third kappa shape index (κ3) is 2.27. The number of aryl methyl sites for hydroxylation is 1. The van der Waals surface area contributed by atoms with Crippen LogP contribution in [-0.4, -0.2) is 39.9 Å². The second-order valence-electron chi connectivity index (χ2n) is 3.77. The number of aromatic nitrogens is 2. The number of hydrogen-bond donors (Lipinski definition) is 0. The Morgan fingerprint density at radius 1 is 1.21 bits per heavy atom. The summed E-state index contributed by atoms with van der Waals surface area (Å²) in [5, 5.41) is 0. The van der Waals surface area contributed by atoms with Crippen LogP contribution in [0, 0.1) is 6.92 Å². The normalized spacial score (nSPS) is 17.1. The molecule has 2 rings (SSSR count). The first-order valence-corrected chi connectivity index (χ1v) is 6.33. The molecule has 14 heavy (non-hydrogen) atoms. The van der Waals surface area contributed by atoms with Gasteiger partial charge < -0.3 is 0 Å². The van der Waals surface area contributed by atoms with Crippen LogP contribution in [0.25, 0.3) is 0 Å². The van der Waals surface area contributed by atoms with Crippen LogP contribution in [0.4, 0.5) is 5.82 Å². The van der Waals surface area contributed by atoms with E-state index in [2.05, 4.69) is 20.9 Å². The van der Waals surface area contributed by atoms with Gasteiger partial charge in [0.1, 0.15) is 0 Å². The zero-order chi connectivity index (χ0) is 9.97. The van der Waals surface area contributed by atoms with Crippen LogP contribution in [0.5, 0.6) is 0 Å². The molecule has 1 aromatic heterocycles. The average molecular weight is 253 g/mol. The Balaban J connectivity index is 2.21. The minimum atomic E-state index is 0.943. The molecule has 0 N–H and O–H groups in total. The van der Waals surface area contributed by atoms with Gasteiger partial charge in [0.05, 0.1) is 0 Å². The van der Waals surface area contributed by atoms with Crippen LogP contribution >= 0.6 is 0 Å². The van der Waals surface area contributed by atoms with Gasteiger partial charge in [0.15, 0.2) is 0 Å². The van der Waals surface area contributed by atoms with E-state index < -0.39 is 0 Å². The van der Waals surface area contributed by atoms with E-state index in [0.717, 1.165) is 29.2 Å². The van der Waals surface area contributed by atoms with Crippen LogP contribution in [0.2, 0.25) is 0 Å². The third-order valence-electron chi connectivity index (χ3n) is 2.54. The SMILES string of the molecule is Cc1cc(N2CCCCC2)nc([AsH2])n1. The zero-order valence-corrected chi connectivity index (χ0v) is 11.0. The van der Waals surface area contributed by atoms with Gasteiger partial charge in [-0.3, -0.25) is 0 Å². The Labute approximate surface area is 93.4 Å². The summed E-state index contributed by atoms with van der Waals surface area (Å²) in [7, 11) is 0. The molecule has 0 aromatic carbocycles. The van der Waals surface area contributed by atoms with Gasteiger partial charge in [0.2, 0.25) is 0 Å². The number of rotatable bonds is 1. The first-order valence-electron chi connectivity index (χ1n) is 5.12. The van der Waals surface area contributed by atoms with Crippen LogP contribution in [-0.2, 0) is 0 Å². The van der Waals surface area contributed by atoms with Gasteiger partial charge in [0, 0.05) is 0 Å². The Bertz CT molecular complexity index is 301. The second kappa shape index (κ2) is 4.31. The van der Waals surface area contributed by atoms with Gasteiger partial charge in [-0.05, 0) is 0 Å². The van der Waals surface area contributed by atoms with Gasteiger partial charge in [-0.25, -0.2) is 0 Å². The van der Waals surface area contributed by atoms with Crippen molar-refractivity contribution in [3.05, 3.63) is 11.8 Å². The van der Waals surface area contributed by atoms with Crippen molar-refractivity contribution in [1.29, 1.82) is 0 Å². The summed E-state index contributed by atoms with van der Waals surface area (Å²) in [5.41, 5.74) is 1.08. The van der Waals surface area contributed by atoms with Crippen molar-refractivity contribution in [2.75, 3.05) is 18.0 Å². The van der Waals surface area contributed by atoms with Crippen molar-refractivity contribution >= 4 is 27.3 Å². The quantitative estimate of drug-likeness (QED) is 0.661. The van der Waals surface area contributed by atoms with Crippen molar-refractivity contribution < 1.29 is 0 Å². The van der Waals surface area contributed by atoms with E-state index in [-0.39, 0.29) is 0 Å². The first kappa shape index (κ1) is 9.97. The summed E-state index contributed by atoms with van der Waals surface area (Å²) in [6, 6.07) is 2.09. The van der Waals surface area contributed by atoms with Crippen molar-refractivity contribution in [2.45, 2.75) is 26.2 Å². The van der Waals surface area contributed by atoms with Crippen molar-refractivity contribution in [2.24, 2.45) is 0 Å². The molecule has 3 nitrogen and oxygen atoms in total. The maximum atomic E-state index is 4.50.